The maximum absolute atomic E-state index is 12.4. The minimum atomic E-state index is -2.66. The van der Waals surface area contributed by atoms with Gasteiger partial charge >= 0.3 is 0 Å². The molecular formula is C16H18N8OS. The van der Waals surface area contributed by atoms with E-state index in [0.717, 1.165) is 4.90 Å². The molecule has 3 aromatic heterocycles. The number of carbonyl (C=O) groups is 1. The second kappa shape index (κ2) is 7.83. The molecule has 0 fully saturated rings. The first-order chi connectivity index (χ1) is 13.7. The molecule has 134 valence electrons. The summed E-state index contributed by atoms with van der Waals surface area (Å²) in [6.45, 7) is -2.66. The number of rotatable bonds is 6. The number of carbonyl (C=O) groups excluding carboxylic acids is 1. The molecule has 0 aliphatic rings. The van der Waals surface area contributed by atoms with Gasteiger partial charge in [0.1, 0.15) is 5.82 Å². The summed E-state index contributed by atoms with van der Waals surface area (Å²) in [7, 11) is 1.77. The normalized spacial score (nSPS) is 12.6. The minimum Gasteiger partial charge on any atom is -0.354 e. The van der Waals surface area contributed by atoms with E-state index in [4.69, 9.17) is 4.11 Å². The number of aromatic nitrogens is 5. The van der Waals surface area contributed by atoms with E-state index in [2.05, 4.69) is 30.9 Å². The topological polar surface area (TPSA) is 110 Å². The van der Waals surface area contributed by atoms with Gasteiger partial charge in [0.2, 0.25) is 0 Å². The highest BCUT2D eigenvalue weighted by atomic mass is 32.2. The maximum Gasteiger partial charge on any atom is 0.273 e. The van der Waals surface area contributed by atoms with Crippen LogP contribution in [0.3, 0.4) is 0 Å². The Morgan fingerprint density at radius 2 is 2.15 bits per heavy atom. The van der Waals surface area contributed by atoms with Crippen molar-refractivity contribution >= 4 is 40.8 Å². The summed E-state index contributed by atoms with van der Waals surface area (Å²) < 4.78 is 23.4. The van der Waals surface area contributed by atoms with Crippen molar-refractivity contribution in [2.24, 2.45) is 7.05 Å². The average Bonchev–Trinajstić information content (AvgIpc) is 3.05. The fourth-order valence-corrected chi connectivity index (χ4v) is 2.68. The zero-order valence-electron chi connectivity index (χ0n) is 17.0. The highest BCUT2D eigenvalue weighted by Gasteiger charge is 2.16. The number of hydrogen-bond acceptors (Lipinski definition) is 8. The number of pyridine rings is 1. The lowest BCUT2D eigenvalue weighted by molar-refractivity contribution is 0.0958. The third-order valence-corrected chi connectivity index (χ3v) is 4.11. The van der Waals surface area contributed by atoms with Crippen LogP contribution in [0.1, 0.15) is 14.6 Å². The van der Waals surface area contributed by atoms with E-state index >= 15 is 0 Å². The quantitative estimate of drug-likeness (QED) is 0.564. The fraction of sp³-hybridized carbons (Fsp3) is 0.188. The highest BCUT2D eigenvalue weighted by Crippen LogP contribution is 2.28. The van der Waals surface area contributed by atoms with Crippen LogP contribution >= 0.6 is 11.8 Å². The predicted octanol–water partition coefficient (Wildman–Crippen LogP) is 2.17. The van der Waals surface area contributed by atoms with E-state index in [9.17, 15) is 4.79 Å². The van der Waals surface area contributed by atoms with Crippen LogP contribution in [0.25, 0.3) is 0 Å². The number of amides is 1. The van der Waals surface area contributed by atoms with Crippen molar-refractivity contribution in [1.82, 2.24) is 30.3 Å². The number of thioether (sulfide) groups is 1. The lowest BCUT2D eigenvalue weighted by Crippen LogP contribution is -2.21. The zero-order valence-corrected chi connectivity index (χ0v) is 14.8. The Bertz CT molecular complexity index is 1020. The number of hydrogen-bond donors (Lipinski definition) is 3. The van der Waals surface area contributed by atoms with Gasteiger partial charge in [-0.05, 0) is 18.4 Å². The molecule has 10 heteroatoms. The molecule has 0 aliphatic carbocycles. The molecule has 26 heavy (non-hydrogen) atoms. The molecule has 0 saturated carbocycles. The summed E-state index contributed by atoms with van der Waals surface area (Å²) in [6, 6.07) is 6.94. The van der Waals surface area contributed by atoms with Crippen LogP contribution in [0.2, 0.25) is 0 Å². The van der Waals surface area contributed by atoms with E-state index in [1.54, 1.807) is 36.3 Å². The number of anilines is 4. The first kappa shape index (κ1) is 14.1. The fourth-order valence-electron chi connectivity index (χ4n) is 2.16. The van der Waals surface area contributed by atoms with Gasteiger partial charge in [-0.3, -0.25) is 9.48 Å². The van der Waals surface area contributed by atoms with Gasteiger partial charge in [0.25, 0.3) is 5.91 Å². The van der Waals surface area contributed by atoms with Crippen molar-refractivity contribution in [2.75, 3.05) is 23.9 Å². The number of nitrogens with zero attached hydrogens (tertiary/aromatic N) is 5. The zero-order chi connectivity index (χ0) is 21.0. The van der Waals surface area contributed by atoms with E-state index in [1.807, 2.05) is 17.6 Å². The smallest absolute Gasteiger partial charge is 0.273 e. The molecule has 0 saturated heterocycles. The van der Waals surface area contributed by atoms with E-state index in [0.29, 0.717) is 17.5 Å². The van der Waals surface area contributed by atoms with Crippen molar-refractivity contribution in [1.29, 1.82) is 0 Å². The van der Waals surface area contributed by atoms with Crippen molar-refractivity contribution in [3.8, 4) is 0 Å². The molecule has 3 rings (SSSR count). The summed E-state index contributed by atoms with van der Waals surface area (Å²) in [5.41, 5.74) is 0.0691. The second-order valence-corrected chi connectivity index (χ2v) is 5.97. The van der Waals surface area contributed by atoms with Crippen molar-refractivity contribution < 1.29 is 8.91 Å². The van der Waals surface area contributed by atoms with Gasteiger partial charge in [0.15, 0.2) is 17.3 Å². The lowest BCUT2D eigenvalue weighted by atomic mass is 10.3. The summed E-state index contributed by atoms with van der Waals surface area (Å²) >= 11 is 1.47. The monoisotopic (exact) mass is 373 g/mol. The van der Waals surface area contributed by atoms with Gasteiger partial charge in [-0.25, -0.2) is 4.98 Å². The van der Waals surface area contributed by atoms with Crippen molar-refractivity contribution in [2.45, 2.75) is 4.90 Å². The van der Waals surface area contributed by atoms with Crippen LogP contribution in [0.15, 0.2) is 41.6 Å². The SMILES string of the molecule is [2H]C([2H])([2H])NC(=O)c1nnc(Nc2ccn(C)n2)cc1Nc1ncccc1SC. The van der Waals surface area contributed by atoms with Crippen LogP contribution < -0.4 is 16.0 Å². The summed E-state index contributed by atoms with van der Waals surface area (Å²) in [4.78, 5) is 17.5. The largest absolute Gasteiger partial charge is 0.354 e. The number of aryl methyl sites for hydroxylation is 1. The van der Waals surface area contributed by atoms with Gasteiger partial charge in [0.05, 0.1) is 5.69 Å². The summed E-state index contributed by atoms with van der Waals surface area (Å²) in [6.07, 6.45) is 5.25. The molecular weight excluding hydrogens is 352 g/mol. The van der Waals surface area contributed by atoms with Crippen molar-refractivity contribution in [3.05, 3.63) is 42.4 Å². The van der Waals surface area contributed by atoms with Gasteiger partial charge < -0.3 is 16.0 Å². The van der Waals surface area contributed by atoms with E-state index < -0.39 is 12.9 Å². The Hall–Kier alpha value is -3.14. The average molecular weight is 373 g/mol. The Kier molecular flexibility index (Phi) is 4.24. The molecule has 0 aliphatic heterocycles. The maximum atomic E-state index is 12.4. The molecule has 3 N–H and O–H groups in total. The molecule has 0 spiro atoms. The van der Waals surface area contributed by atoms with Crippen LogP contribution in [-0.4, -0.2) is 44.1 Å². The number of nitrogens with one attached hydrogen (secondary N) is 3. The van der Waals surface area contributed by atoms with Crippen molar-refractivity contribution in [3.63, 3.8) is 0 Å². The predicted molar refractivity (Wildman–Crippen MR) is 101 cm³/mol. The van der Waals surface area contributed by atoms with Gasteiger partial charge in [-0.2, -0.15) is 5.10 Å². The van der Waals surface area contributed by atoms with E-state index in [1.165, 1.54) is 17.8 Å². The Labute approximate surface area is 158 Å². The Balaban J connectivity index is 1.97. The summed E-state index contributed by atoms with van der Waals surface area (Å²) in [5.74, 6) is 0.471. The molecule has 1 amide bonds. The molecule has 0 bridgehead atoms. The molecule has 0 unspecified atom stereocenters. The molecule has 0 aromatic carbocycles. The highest BCUT2D eigenvalue weighted by molar-refractivity contribution is 7.98. The third-order valence-electron chi connectivity index (χ3n) is 3.34. The van der Waals surface area contributed by atoms with Crippen LogP contribution in [0, 0.1) is 0 Å². The molecule has 3 aromatic rings. The molecule has 0 radical (unpaired) electrons. The van der Waals surface area contributed by atoms with Gasteiger partial charge in [-0.1, -0.05) is 0 Å². The first-order valence-corrected chi connectivity index (χ1v) is 8.70. The second-order valence-electron chi connectivity index (χ2n) is 5.12. The van der Waals surface area contributed by atoms with Crippen LogP contribution in [0.5, 0.6) is 0 Å². The molecule has 3 heterocycles. The van der Waals surface area contributed by atoms with Crippen LogP contribution in [0.4, 0.5) is 23.1 Å². The minimum absolute atomic E-state index is 0.176. The first-order valence-electron chi connectivity index (χ1n) is 8.98. The molecule has 9 nitrogen and oxygen atoms in total. The lowest BCUT2D eigenvalue weighted by Gasteiger charge is -2.13. The van der Waals surface area contributed by atoms with Gasteiger partial charge in [-0.15, -0.1) is 22.0 Å². The van der Waals surface area contributed by atoms with Crippen LogP contribution in [-0.2, 0) is 7.05 Å². The Morgan fingerprint density at radius 1 is 1.27 bits per heavy atom. The Morgan fingerprint density at radius 3 is 2.88 bits per heavy atom. The summed E-state index contributed by atoms with van der Waals surface area (Å²) in [5, 5.41) is 20.0. The molecule has 0 atom stereocenters. The van der Waals surface area contributed by atoms with Gasteiger partial charge in [0, 0.05) is 47.6 Å². The standard InChI is InChI=1S/C16H18N8OS/c1-17-16(25)14-10(19-15-11(26-3)5-4-7-18-15)9-13(21-22-14)20-12-6-8-24(2)23-12/h4-9H,1-3H3,(H,17,25)(H2,18,19,20,21,23)/i1D3. The third kappa shape index (κ3) is 3.91. The van der Waals surface area contributed by atoms with E-state index in [-0.39, 0.29) is 11.4 Å².